The van der Waals surface area contributed by atoms with Crippen molar-refractivity contribution in [2.75, 3.05) is 0 Å². The van der Waals surface area contributed by atoms with Gasteiger partial charge in [0.2, 0.25) is 0 Å². The van der Waals surface area contributed by atoms with Crippen molar-refractivity contribution in [3.05, 3.63) is 47.6 Å². The predicted octanol–water partition coefficient (Wildman–Crippen LogP) is -0.583. The Labute approximate surface area is 165 Å². The van der Waals surface area contributed by atoms with Gasteiger partial charge in [0.1, 0.15) is 0 Å². The summed E-state index contributed by atoms with van der Waals surface area (Å²) in [6.45, 7) is 13.3. The van der Waals surface area contributed by atoms with Crippen LogP contribution in [-0.2, 0) is 24.2 Å². The van der Waals surface area contributed by atoms with E-state index < -0.39 is 0 Å². The summed E-state index contributed by atoms with van der Waals surface area (Å²) in [5.41, 5.74) is 3.48. The van der Waals surface area contributed by atoms with Crippen molar-refractivity contribution in [2.45, 2.75) is 54.4 Å². The monoisotopic (exact) mass is 416 g/mol. The first-order chi connectivity index (χ1) is 9.21. The second kappa shape index (κ2) is 12.7. The predicted molar refractivity (Wildman–Crippen MR) is 87.1 cm³/mol. The molecule has 2 aliphatic rings. The number of halogens is 2. The molecule has 22 heavy (non-hydrogen) atoms. The normalized spacial score (nSPS) is 15.3. The van der Waals surface area contributed by atoms with E-state index in [-0.39, 0.29) is 24.8 Å². The zero-order chi connectivity index (χ0) is 15.8. The minimum absolute atomic E-state index is 0. The Balaban J connectivity index is -0.000000273. The molecule has 0 bridgehead atoms. The zero-order valence-corrected chi connectivity index (χ0v) is 18.7. The molecule has 0 N–H and O–H groups in total. The van der Waals surface area contributed by atoms with Crippen molar-refractivity contribution < 1.29 is 49.0 Å². The fourth-order valence-corrected chi connectivity index (χ4v) is 1.84. The molecule has 2 aliphatic carbocycles. The third kappa shape index (κ3) is 10.9. The maximum absolute atomic E-state index is 3.34. The van der Waals surface area contributed by atoms with E-state index in [2.05, 4.69) is 82.2 Å². The van der Waals surface area contributed by atoms with Crippen LogP contribution in [0.2, 0.25) is 0 Å². The van der Waals surface area contributed by atoms with Crippen molar-refractivity contribution in [3.8, 4) is 0 Å². The summed E-state index contributed by atoms with van der Waals surface area (Å²) < 4.78 is 3.34. The van der Waals surface area contributed by atoms with E-state index in [0.717, 1.165) is 12.8 Å². The van der Waals surface area contributed by atoms with Crippen LogP contribution in [0.3, 0.4) is 0 Å². The van der Waals surface area contributed by atoms with E-state index >= 15 is 0 Å². The largest absolute Gasteiger partial charge is 1.00 e. The Hall–Kier alpha value is 0.293. The van der Waals surface area contributed by atoms with Crippen LogP contribution in [0, 0.1) is 23.0 Å². The van der Waals surface area contributed by atoms with Gasteiger partial charge in [-0.15, -0.1) is 12.8 Å². The van der Waals surface area contributed by atoms with Crippen molar-refractivity contribution in [2.24, 2.45) is 10.8 Å². The first-order valence-electron chi connectivity index (χ1n) is 7.11. The first-order valence-corrected chi connectivity index (χ1v) is 8.85. The summed E-state index contributed by atoms with van der Waals surface area (Å²) in [5, 5.41) is 0. The van der Waals surface area contributed by atoms with Gasteiger partial charge in [0.05, 0.1) is 0 Å². The number of hydrogen-bond donors (Lipinski definition) is 0. The van der Waals surface area contributed by atoms with E-state index in [1.165, 1.54) is 35.4 Å². The molecule has 0 aromatic heterocycles. The van der Waals surface area contributed by atoms with Gasteiger partial charge >= 0.3 is 28.4 Å². The van der Waals surface area contributed by atoms with Gasteiger partial charge in [-0.2, -0.15) is 23.3 Å². The molecule has 0 nitrogen and oxygen atoms in total. The van der Waals surface area contributed by atoms with Crippen LogP contribution in [0.1, 0.15) is 54.4 Å². The molecule has 3 heteroatoms. The van der Waals surface area contributed by atoms with Crippen molar-refractivity contribution in [1.82, 2.24) is 0 Å². The van der Waals surface area contributed by atoms with Crippen molar-refractivity contribution in [1.29, 1.82) is 0 Å². The summed E-state index contributed by atoms with van der Waals surface area (Å²) >= 11 is 1.30. The summed E-state index contributed by atoms with van der Waals surface area (Å²) in [7, 11) is 0. The molecule has 0 unspecified atom stereocenters. The van der Waals surface area contributed by atoms with Crippen LogP contribution < -0.4 is 24.8 Å². The third-order valence-electron chi connectivity index (χ3n) is 3.13. The third-order valence-corrected chi connectivity index (χ3v) is 3.13. The molecule has 0 saturated carbocycles. The summed E-state index contributed by atoms with van der Waals surface area (Å²) in [4.78, 5) is 0. The molecule has 0 atom stereocenters. The summed E-state index contributed by atoms with van der Waals surface area (Å²) in [6, 6.07) is 0. The van der Waals surface area contributed by atoms with Crippen molar-refractivity contribution >= 4 is 4.21 Å². The molecule has 0 radical (unpaired) electrons. The molecule has 0 saturated heterocycles. The molecule has 0 heterocycles. The molecule has 0 amide bonds. The quantitative estimate of drug-likeness (QED) is 0.462. The molecular weight excluding hydrogens is 390 g/mol. The molecule has 0 aromatic rings. The Kier molecular flexibility index (Phi) is 15.7. The molecule has 0 fully saturated rings. The van der Waals surface area contributed by atoms with Gasteiger partial charge in [0.25, 0.3) is 0 Å². The van der Waals surface area contributed by atoms with E-state index in [1.807, 2.05) is 0 Å². The van der Waals surface area contributed by atoms with Gasteiger partial charge in [0, 0.05) is 0 Å². The molecular formula is C19H28Cl2Zr-2. The standard InChI is InChI=1S/2C9H13.CH2.2ClH.Zr/c2*1-9(2,3)8-6-4-5-7-8;;;;/h2*6-7H,4H2,1-3H3;1H2;2*1H;/q2*-1;;;;+2/p-2. The second-order valence-electron chi connectivity index (χ2n) is 6.92. The molecule has 2 rings (SSSR count). The summed E-state index contributed by atoms with van der Waals surface area (Å²) in [6.07, 6.45) is 17.0. The molecule has 0 spiro atoms. The maximum atomic E-state index is 3.34. The Morgan fingerprint density at radius 3 is 1.14 bits per heavy atom. The number of hydrogen-bond acceptors (Lipinski definition) is 0. The fourth-order valence-electron chi connectivity index (χ4n) is 1.84. The minimum atomic E-state index is 0. The summed E-state index contributed by atoms with van der Waals surface area (Å²) in [5.74, 6) is 0. The van der Waals surface area contributed by atoms with Crippen LogP contribution >= 0.6 is 0 Å². The minimum Gasteiger partial charge on any atom is -1.00 e. The SMILES string of the molecule is CC(C)(C)C1=CC[C-]=C1.CC(C)(C)C1=CC[C-]=C1.[CH2]=[Zr+2].[Cl-].[Cl-]. The van der Waals surface area contributed by atoms with E-state index in [9.17, 15) is 0 Å². The van der Waals surface area contributed by atoms with Crippen LogP contribution in [0.5, 0.6) is 0 Å². The van der Waals surface area contributed by atoms with Crippen LogP contribution in [-0.4, -0.2) is 4.21 Å². The Bertz CT molecular complexity index is 376. The average Bonchev–Trinajstić information content (AvgIpc) is 3.04. The van der Waals surface area contributed by atoms with Crippen LogP contribution in [0.4, 0.5) is 0 Å². The smallest absolute Gasteiger partial charge is 1.00 e. The van der Waals surface area contributed by atoms with Gasteiger partial charge in [-0.3, -0.25) is 12.2 Å². The Morgan fingerprint density at radius 2 is 1.05 bits per heavy atom. The van der Waals surface area contributed by atoms with Gasteiger partial charge in [-0.05, 0) is 0 Å². The second-order valence-corrected chi connectivity index (χ2v) is 6.92. The topological polar surface area (TPSA) is 0 Å². The van der Waals surface area contributed by atoms with Gasteiger partial charge in [-0.25, -0.2) is 12.2 Å². The van der Waals surface area contributed by atoms with Gasteiger partial charge in [0.15, 0.2) is 0 Å². The van der Waals surface area contributed by atoms with Crippen LogP contribution in [0.15, 0.2) is 35.5 Å². The average molecular weight is 419 g/mol. The van der Waals surface area contributed by atoms with E-state index in [0.29, 0.717) is 10.8 Å². The van der Waals surface area contributed by atoms with E-state index in [4.69, 9.17) is 0 Å². The number of allylic oxidation sites excluding steroid dienone is 8. The first kappa shape index (κ1) is 27.2. The maximum Gasteiger partial charge on any atom is -1.00 e. The van der Waals surface area contributed by atoms with Gasteiger partial charge in [-0.1, -0.05) is 52.4 Å². The van der Waals surface area contributed by atoms with Crippen LogP contribution in [0.25, 0.3) is 0 Å². The van der Waals surface area contributed by atoms with E-state index in [1.54, 1.807) is 0 Å². The molecule has 124 valence electrons. The Morgan fingerprint density at radius 1 is 0.773 bits per heavy atom. The van der Waals surface area contributed by atoms with Crippen molar-refractivity contribution in [3.63, 3.8) is 0 Å². The molecule has 0 aromatic carbocycles. The van der Waals surface area contributed by atoms with Gasteiger partial charge < -0.3 is 24.8 Å². The number of rotatable bonds is 0. The fraction of sp³-hybridized carbons (Fsp3) is 0.526. The molecule has 0 aliphatic heterocycles. The zero-order valence-electron chi connectivity index (χ0n) is 14.7.